The van der Waals surface area contributed by atoms with Gasteiger partial charge in [-0.25, -0.2) is 0 Å². The molecule has 20 heavy (non-hydrogen) atoms. The van der Waals surface area contributed by atoms with E-state index in [9.17, 15) is 0 Å². The van der Waals surface area contributed by atoms with E-state index in [-0.39, 0.29) is 6.10 Å². The Morgan fingerprint density at radius 3 is 2.70 bits per heavy atom. The van der Waals surface area contributed by atoms with Crippen molar-refractivity contribution in [1.82, 2.24) is 5.32 Å². The van der Waals surface area contributed by atoms with E-state index in [0.717, 1.165) is 24.8 Å². The molecule has 1 aromatic carbocycles. The van der Waals surface area contributed by atoms with Crippen molar-refractivity contribution < 1.29 is 9.47 Å². The van der Waals surface area contributed by atoms with Gasteiger partial charge in [0.15, 0.2) is 0 Å². The van der Waals surface area contributed by atoms with Gasteiger partial charge in [0, 0.05) is 24.8 Å². The van der Waals surface area contributed by atoms with Crippen molar-refractivity contribution >= 4 is 0 Å². The highest BCUT2D eigenvalue weighted by atomic mass is 16.5. The molecule has 1 aromatic rings. The average molecular weight is 275 g/mol. The van der Waals surface area contributed by atoms with Crippen molar-refractivity contribution in [3.05, 3.63) is 29.8 Å². The average Bonchev–Trinajstić information content (AvgIpc) is 3.37. The first-order valence-electron chi connectivity index (χ1n) is 7.84. The molecule has 3 rings (SSSR count). The Bertz CT molecular complexity index is 427. The predicted molar refractivity (Wildman–Crippen MR) is 80.1 cm³/mol. The summed E-state index contributed by atoms with van der Waals surface area (Å²) in [4.78, 5) is 0. The highest BCUT2D eigenvalue weighted by Gasteiger charge is 2.25. The van der Waals surface area contributed by atoms with Gasteiger partial charge in [0.2, 0.25) is 0 Å². The molecule has 2 fully saturated rings. The molecule has 0 aliphatic heterocycles. The van der Waals surface area contributed by atoms with Gasteiger partial charge in [-0.3, -0.25) is 0 Å². The van der Waals surface area contributed by atoms with Gasteiger partial charge in [0.25, 0.3) is 0 Å². The maximum atomic E-state index is 6.16. The third-order valence-electron chi connectivity index (χ3n) is 4.20. The lowest BCUT2D eigenvalue weighted by Crippen LogP contribution is -2.25. The van der Waals surface area contributed by atoms with Crippen LogP contribution < -0.4 is 10.1 Å². The van der Waals surface area contributed by atoms with Crippen LogP contribution in [0.4, 0.5) is 0 Å². The Balaban J connectivity index is 1.61. The highest BCUT2D eigenvalue weighted by Crippen LogP contribution is 2.34. The van der Waals surface area contributed by atoms with E-state index in [2.05, 4.69) is 17.4 Å². The number of ether oxygens (including phenoxy) is 2. The largest absolute Gasteiger partial charge is 0.496 e. The fourth-order valence-electron chi connectivity index (χ4n) is 2.54. The van der Waals surface area contributed by atoms with E-state index in [1.807, 2.05) is 12.1 Å². The molecule has 2 saturated carbocycles. The van der Waals surface area contributed by atoms with E-state index in [4.69, 9.17) is 9.47 Å². The van der Waals surface area contributed by atoms with Crippen LogP contribution in [0.1, 0.15) is 43.8 Å². The fraction of sp³-hybridized carbons (Fsp3) is 0.647. The third kappa shape index (κ3) is 3.97. The predicted octanol–water partition coefficient (Wildman–Crippen LogP) is 3.31. The summed E-state index contributed by atoms with van der Waals surface area (Å²) in [5.74, 6) is 1.85. The van der Waals surface area contributed by atoms with Crippen LogP contribution >= 0.6 is 0 Å². The smallest absolute Gasteiger partial charge is 0.124 e. The lowest BCUT2D eigenvalue weighted by atomic mass is 10.1. The first-order valence-corrected chi connectivity index (χ1v) is 7.84. The number of rotatable bonds is 9. The second-order valence-electron chi connectivity index (χ2n) is 6.02. The van der Waals surface area contributed by atoms with Crippen LogP contribution in [0.3, 0.4) is 0 Å². The molecule has 3 heteroatoms. The molecule has 0 amide bonds. The van der Waals surface area contributed by atoms with Gasteiger partial charge in [-0.2, -0.15) is 0 Å². The van der Waals surface area contributed by atoms with E-state index in [1.54, 1.807) is 7.11 Å². The van der Waals surface area contributed by atoms with Gasteiger partial charge >= 0.3 is 0 Å². The zero-order valence-corrected chi connectivity index (χ0v) is 12.3. The minimum Gasteiger partial charge on any atom is -0.496 e. The Morgan fingerprint density at radius 1 is 1.20 bits per heavy atom. The van der Waals surface area contributed by atoms with Crippen molar-refractivity contribution in [2.24, 2.45) is 5.92 Å². The second kappa shape index (κ2) is 6.59. The molecule has 3 nitrogen and oxygen atoms in total. The van der Waals surface area contributed by atoms with Crippen LogP contribution in [0, 0.1) is 5.92 Å². The van der Waals surface area contributed by atoms with Crippen LogP contribution in [0.2, 0.25) is 0 Å². The quantitative estimate of drug-likeness (QED) is 0.750. The van der Waals surface area contributed by atoms with Gasteiger partial charge in [0.05, 0.1) is 13.2 Å². The Morgan fingerprint density at radius 2 is 2.00 bits per heavy atom. The van der Waals surface area contributed by atoms with Crippen molar-refractivity contribution in [1.29, 1.82) is 0 Å². The fourth-order valence-corrected chi connectivity index (χ4v) is 2.54. The summed E-state index contributed by atoms with van der Waals surface area (Å²) in [7, 11) is 1.73. The SMILES string of the molecule is COc1ccccc1C(CNC1CC1)OCCC1CC1. The number of methoxy groups -OCH3 is 1. The molecule has 0 aromatic heterocycles. The summed E-state index contributed by atoms with van der Waals surface area (Å²) in [5.41, 5.74) is 1.17. The summed E-state index contributed by atoms with van der Waals surface area (Å²) >= 11 is 0. The summed E-state index contributed by atoms with van der Waals surface area (Å²) in [6.45, 7) is 1.75. The normalized spacial score (nSPS) is 19.9. The Kier molecular flexibility index (Phi) is 4.58. The zero-order valence-electron chi connectivity index (χ0n) is 12.3. The van der Waals surface area contributed by atoms with Gasteiger partial charge in [-0.15, -0.1) is 0 Å². The summed E-state index contributed by atoms with van der Waals surface area (Å²) in [6, 6.07) is 8.92. The maximum absolute atomic E-state index is 6.16. The summed E-state index contributed by atoms with van der Waals surface area (Å²) < 4.78 is 11.6. The number of para-hydroxylation sites is 1. The van der Waals surface area contributed by atoms with E-state index in [1.165, 1.54) is 37.7 Å². The molecule has 110 valence electrons. The standard InChI is InChI=1S/C17H25NO2/c1-19-16-5-3-2-4-15(16)17(12-18-14-8-9-14)20-11-10-13-6-7-13/h2-5,13-14,17-18H,6-12H2,1H3. The Hall–Kier alpha value is -1.06. The molecule has 0 spiro atoms. The van der Waals surface area contributed by atoms with Gasteiger partial charge in [-0.1, -0.05) is 31.0 Å². The monoisotopic (exact) mass is 275 g/mol. The maximum Gasteiger partial charge on any atom is 0.124 e. The topological polar surface area (TPSA) is 30.5 Å². The molecule has 0 saturated heterocycles. The molecule has 0 radical (unpaired) electrons. The van der Waals surface area contributed by atoms with Gasteiger partial charge in [0.1, 0.15) is 5.75 Å². The van der Waals surface area contributed by atoms with Crippen molar-refractivity contribution in [2.45, 2.75) is 44.2 Å². The van der Waals surface area contributed by atoms with Crippen molar-refractivity contribution in [2.75, 3.05) is 20.3 Å². The molecule has 1 atom stereocenters. The van der Waals surface area contributed by atoms with Gasteiger partial charge < -0.3 is 14.8 Å². The van der Waals surface area contributed by atoms with Crippen LogP contribution in [-0.4, -0.2) is 26.3 Å². The van der Waals surface area contributed by atoms with Crippen LogP contribution in [-0.2, 0) is 4.74 Å². The van der Waals surface area contributed by atoms with E-state index < -0.39 is 0 Å². The Labute approximate surface area is 121 Å². The molecule has 0 bridgehead atoms. The molecular formula is C17H25NO2. The molecule has 2 aliphatic carbocycles. The van der Waals surface area contributed by atoms with Gasteiger partial charge in [-0.05, 0) is 31.2 Å². The number of hydrogen-bond acceptors (Lipinski definition) is 3. The number of hydrogen-bond donors (Lipinski definition) is 1. The molecule has 1 unspecified atom stereocenters. The first-order chi connectivity index (χ1) is 9.86. The molecule has 1 N–H and O–H groups in total. The van der Waals surface area contributed by atoms with Crippen LogP contribution in [0.5, 0.6) is 5.75 Å². The van der Waals surface area contributed by atoms with E-state index in [0.29, 0.717) is 6.04 Å². The minimum absolute atomic E-state index is 0.102. The summed E-state index contributed by atoms with van der Waals surface area (Å²) in [5, 5.41) is 3.58. The van der Waals surface area contributed by atoms with E-state index >= 15 is 0 Å². The van der Waals surface area contributed by atoms with Crippen molar-refractivity contribution in [3.63, 3.8) is 0 Å². The zero-order chi connectivity index (χ0) is 13.8. The minimum atomic E-state index is 0.102. The lowest BCUT2D eigenvalue weighted by Gasteiger charge is -2.21. The molecule has 2 aliphatic rings. The second-order valence-corrected chi connectivity index (χ2v) is 6.02. The molecular weight excluding hydrogens is 250 g/mol. The van der Waals surface area contributed by atoms with Crippen LogP contribution in [0.15, 0.2) is 24.3 Å². The highest BCUT2D eigenvalue weighted by molar-refractivity contribution is 5.35. The van der Waals surface area contributed by atoms with Crippen LogP contribution in [0.25, 0.3) is 0 Å². The number of nitrogens with one attached hydrogen (secondary N) is 1. The summed E-state index contributed by atoms with van der Waals surface area (Å²) in [6.07, 6.45) is 6.70. The lowest BCUT2D eigenvalue weighted by molar-refractivity contribution is 0.0467. The number of benzene rings is 1. The molecule has 0 heterocycles. The third-order valence-corrected chi connectivity index (χ3v) is 4.20. The van der Waals surface area contributed by atoms with Crippen molar-refractivity contribution in [3.8, 4) is 5.75 Å². The first kappa shape index (κ1) is 13.9.